The number of anilines is 3. The first-order chi connectivity index (χ1) is 14.9. The minimum atomic E-state index is -0.462. The summed E-state index contributed by atoms with van der Waals surface area (Å²) in [5.74, 6) is 1.16. The van der Waals surface area contributed by atoms with Crippen LogP contribution in [0.3, 0.4) is 0 Å². The topological polar surface area (TPSA) is 153 Å². The number of hydrogen-bond donors (Lipinski definition) is 4. The molecule has 0 spiro atoms. The molecule has 0 fully saturated rings. The van der Waals surface area contributed by atoms with Crippen LogP contribution in [0.15, 0.2) is 35.3 Å². The SMILES string of the molecule is CCCC(Nc1nc(N)nc(N)c1Cl)c1nc2cccc(Cl)c2c(=O)n1-c1ccn[nH]1. The summed E-state index contributed by atoms with van der Waals surface area (Å²) in [4.78, 5) is 26.3. The number of aromatic amines is 1. The van der Waals surface area contributed by atoms with E-state index >= 15 is 0 Å². The van der Waals surface area contributed by atoms with Gasteiger partial charge in [-0.2, -0.15) is 15.1 Å². The van der Waals surface area contributed by atoms with Crippen molar-refractivity contribution in [1.29, 1.82) is 0 Å². The molecule has 160 valence electrons. The van der Waals surface area contributed by atoms with Crippen LogP contribution in [0.5, 0.6) is 0 Å². The predicted octanol–water partition coefficient (Wildman–Crippen LogP) is 3.32. The number of hydrogen-bond acceptors (Lipinski definition) is 8. The van der Waals surface area contributed by atoms with Crippen LogP contribution in [0.2, 0.25) is 10.0 Å². The second-order valence-corrected chi connectivity index (χ2v) is 7.59. The molecule has 0 radical (unpaired) electrons. The lowest BCUT2D eigenvalue weighted by Gasteiger charge is -2.23. The van der Waals surface area contributed by atoms with Gasteiger partial charge in [-0.25, -0.2) is 9.55 Å². The highest BCUT2D eigenvalue weighted by Gasteiger charge is 2.24. The highest BCUT2D eigenvalue weighted by molar-refractivity contribution is 6.35. The first-order valence-electron chi connectivity index (χ1n) is 9.46. The van der Waals surface area contributed by atoms with Crippen LogP contribution in [-0.4, -0.2) is 29.7 Å². The van der Waals surface area contributed by atoms with Crippen molar-refractivity contribution in [3.63, 3.8) is 0 Å². The third kappa shape index (κ3) is 3.87. The number of rotatable bonds is 6. The zero-order valence-electron chi connectivity index (χ0n) is 16.4. The van der Waals surface area contributed by atoms with Crippen LogP contribution in [-0.2, 0) is 0 Å². The summed E-state index contributed by atoms with van der Waals surface area (Å²) < 4.78 is 1.44. The Balaban J connectivity index is 1.95. The Hall–Kier alpha value is -3.37. The molecule has 0 saturated heterocycles. The summed E-state index contributed by atoms with van der Waals surface area (Å²) in [5.41, 5.74) is 11.7. The molecule has 1 unspecified atom stereocenters. The van der Waals surface area contributed by atoms with Gasteiger partial charge in [-0.1, -0.05) is 42.6 Å². The maximum atomic E-state index is 13.5. The Morgan fingerprint density at radius 2 is 2.00 bits per heavy atom. The van der Waals surface area contributed by atoms with Crippen molar-refractivity contribution in [2.24, 2.45) is 0 Å². The van der Waals surface area contributed by atoms with Gasteiger partial charge in [0, 0.05) is 6.07 Å². The van der Waals surface area contributed by atoms with E-state index in [1.807, 2.05) is 6.92 Å². The fraction of sp³-hybridized carbons (Fsp3) is 0.211. The van der Waals surface area contributed by atoms with Gasteiger partial charge in [0.15, 0.2) is 5.82 Å². The minimum Gasteiger partial charge on any atom is -0.382 e. The lowest BCUT2D eigenvalue weighted by molar-refractivity contribution is 0.612. The average molecular weight is 460 g/mol. The molecule has 4 aromatic rings. The second kappa shape index (κ2) is 8.40. The Morgan fingerprint density at radius 3 is 2.71 bits per heavy atom. The molecule has 10 nitrogen and oxygen atoms in total. The Morgan fingerprint density at radius 1 is 1.19 bits per heavy atom. The van der Waals surface area contributed by atoms with Crippen molar-refractivity contribution in [3.05, 3.63) is 56.7 Å². The monoisotopic (exact) mass is 459 g/mol. The van der Waals surface area contributed by atoms with Gasteiger partial charge < -0.3 is 16.8 Å². The van der Waals surface area contributed by atoms with Crippen LogP contribution in [0.25, 0.3) is 16.7 Å². The van der Waals surface area contributed by atoms with E-state index < -0.39 is 6.04 Å². The van der Waals surface area contributed by atoms with Crippen LogP contribution in [0.1, 0.15) is 31.6 Å². The molecule has 0 aliphatic carbocycles. The van der Waals surface area contributed by atoms with E-state index in [9.17, 15) is 4.79 Å². The lowest BCUT2D eigenvalue weighted by Crippen LogP contribution is -2.29. The molecule has 31 heavy (non-hydrogen) atoms. The maximum absolute atomic E-state index is 13.5. The molecule has 0 bridgehead atoms. The Labute approximate surface area is 186 Å². The van der Waals surface area contributed by atoms with E-state index in [0.717, 1.165) is 6.42 Å². The first kappa shape index (κ1) is 20.9. The van der Waals surface area contributed by atoms with Crippen molar-refractivity contribution in [2.75, 3.05) is 16.8 Å². The maximum Gasteiger partial charge on any atom is 0.268 e. The molecule has 3 heterocycles. The van der Waals surface area contributed by atoms with E-state index in [0.29, 0.717) is 34.0 Å². The predicted molar refractivity (Wildman–Crippen MR) is 122 cm³/mol. The van der Waals surface area contributed by atoms with Gasteiger partial charge in [0.25, 0.3) is 5.56 Å². The zero-order chi connectivity index (χ0) is 22.1. The Kier molecular flexibility index (Phi) is 5.66. The fourth-order valence-corrected chi connectivity index (χ4v) is 3.73. The van der Waals surface area contributed by atoms with Crippen molar-refractivity contribution >= 4 is 51.7 Å². The molecule has 1 aromatic carbocycles. The number of halogens is 2. The highest BCUT2D eigenvalue weighted by Crippen LogP contribution is 2.31. The summed E-state index contributed by atoms with van der Waals surface area (Å²) in [6.07, 6.45) is 2.93. The molecular formula is C19H19Cl2N9O. The van der Waals surface area contributed by atoms with E-state index in [4.69, 9.17) is 39.7 Å². The van der Waals surface area contributed by atoms with Gasteiger partial charge in [-0.15, -0.1) is 0 Å². The molecule has 4 rings (SSSR count). The smallest absolute Gasteiger partial charge is 0.268 e. The van der Waals surface area contributed by atoms with Crippen LogP contribution >= 0.6 is 23.2 Å². The summed E-state index contributed by atoms with van der Waals surface area (Å²) in [5, 5.41) is 10.8. The molecule has 12 heteroatoms. The van der Waals surface area contributed by atoms with E-state index in [2.05, 4.69) is 25.5 Å². The van der Waals surface area contributed by atoms with E-state index in [-0.39, 0.29) is 28.2 Å². The largest absolute Gasteiger partial charge is 0.382 e. The van der Waals surface area contributed by atoms with Gasteiger partial charge >= 0.3 is 0 Å². The number of benzene rings is 1. The number of nitrogens with one attached hydrogen (secondary N) is 2. The zero-order valence-corrected chi connectivity index (χ0v) is 17.9. The average Bonchev–Trinajstić information content (AvgIpc) is 3.25. The normalized spacial score (nSPS) is 12.2. The van der Waals surface area contributed by atoms with E-state index in [1.165, 1.54) is 4.57 Å². The van der Waals surface area contributed by atoms with Gasteiger partial charge in [-0.3, -0.25) is 9.89 Å². The van der Waals surface area contributed by atoms with Crippen LogP contribution in [0.4, 0.5) is 17.6 Å². The molecule has 3 aromatic heterocycles. The summed E-state index contributed by atoms with van der Waals surface area (Å²) in [7, 11) is 0. The number of nitrogen functional groups attached to an aromatic ring is 2. The van der Waals surface area contributed by atoms with Crippen molar-refractivity contribution in [2.45, 2.75) is 25.8 Å². The third-order valence-electron chi connectivity index (χ3n) is 4.69. The number of nitrogens with two attached hydrogens (primary N) is 2. The quantitative estimate of drug-likeness (QED) is 0.342. The number of H-pyrrole nitrogens is 1. The molecule has 0 amide bonds. The number of nitrogens with zero attached hydrogens (tertiary/aromatic N) is 5. The lowest BCUT2D eigenvalue weighted by atomic mass is 10.1. The van der Waals surface area contributed by atoms with Crippen LogP contribution < -0.4 is 22.3 Å². The molecule has 1 atom stereocenters. The van der Waals surface area contributed by atoms with Gasteiger partial charge in [-0.05, 0) is 18.6 Å². The Bertz CT molecular complexity index is 1300. The summed E-state index contributed by atoms with van der Waals surface area (Å²) in [6.45, 7) is 2.01. The first-order valence-corrected chi connectivity index (χ1v) is 10.2. The van der Waals surface area contributed by atoms with Gasteiger partial charge in [0.1, 0.15) is 22.5 Å². The van der Waals surface area contributed by atoms with Gasteiger partial charge in [0.05, 0.1) is 28.2 Å². The van der Waals surface area contributed by atoms with E-state index in [1.54, 1.807) is 30.5 Å². The summed E-state index contributed by atoms with van der Waals surface area (Å²) >= 11 is 12.6. The van der Waals surface area contributed by atoms with Gasteiger partial charge in [0.2, 0.25) is 5.95 Å². The number of aromatic nitrogens is 6. The minimum absolute atomic E-state index is 0.0242. The summed E-state index contributed by atoms with van der Waals surface area (Å²) in [6, 6.07) is 6.34. The molecule has 6 N–H and O–H groups in total. The third-order valence-corrected chi connectivity index (χ3v) is 5.38. The van der Waals surface area contributed by atoms with Crippen molar-refractivity contribution in [1.82, 2.24) is 29.7 Å². The standard InChI is InChI=1S/C19H19Cl2N9O/c1-2-4-11(25-16-14(21)15(22)27-19(23)28-16)17-26-10-6-3-5-9(20)13(10)18(31)30(17)12-7-8-24-29-12/h3,5-8,11H,2,4H2,1H3,(H,24,29)(H5,22,23,25,27,28). The molecule has 0 aliphatic heterocycles. The highest BCUT2D eigenvalue weighted by atomic mass is 35.5. The van der Waals surface area contributed by atoms with Crippen molar-refractivity contribution in [3.8, 4) is 5.82 Å². The number of fused-ring (bicyclic) bond motifs is 1. The second-order valence-electron chi connectivity index (χ2n) is 6.80. The molecular weight excluding hydrogens is 441 g/mol. The fourth-order valence-electron chi connectivity index (χ4n) is 3.34. The van der Waals surface area contributed by atoms with Crippen LogP contribution in [0, 0.1) is 0 Å². The van der Waals surface area contributed by atoms with Crippen molar-refractivity contribution < 1.29 is 0 Å². The molecule has 0 aliphatic rings. The molecule has 0 saturated carbocycles.